The Morgan fingerprint density at radius 2 is 1.76 bits per heavy atom. The van der Waals surface area contributed by atoms with Crippen LogP contribution in [0.15, 0.2) is 48.5 Å². The molecule has 0 spiro atoms. The summed E-state index contributed by atoms with van der Waals surface area (Å²) < 4.78 is 15.3. The van der Waals surface area contributed by atoms with Crippen molar-refractivity contribution in [2.75, 3.05) is 6.54 Å². The third kappa shape index (κ3) is 2.22. The fourth-order valence-electron chi connectivity index (χ4n) is 2.88. The Balaban J connectivity index is 2.35. The average molecular weight is 283 g/mol. The summed E-state index contributed by atoms with van der Waals surface area (Å²) in [4.78, 5) is 0. The van der Waals surface area contributed by atoms with E-state index in [9.17, 15) is 4.39 Å². The molecule has 1 atom stereocenters. The van der Waals surface area contributed by atoms with Gasteiger partial charge in [-0.05, 0) is 23.8 Å². The van der Waals surface area contributed by atoms with Gasteiger partial charge in [-0.2, -0.15) is 0 Å². The molecule has 4 N–H and O–H groups in total. The summed E-state index contributed by atoms with van der Waals surface area (Å²) in [6, 6.07) is 14.3. The van der Waals surface area contributed by atoms with Crippen LogP contribution < -0.4 is 11.5 Å². The Morgan fingerprint density at radius 1 is 1.10 bits per heavy atom. The molecule has 0 aliphatic rings. The minimum atomic E-state index is -0.262. The molecule has 1 heterocycles. The zero-order valence-electron chi connectivity index (χ0n) is 11.9. The van der Waals surface area contributed by atoms with Crippen molar-refractivity contribution in [2.24, 2.45) is 18.5 Å². The number of halogens is 1. The topological polar surface area (TPSA) is 57.0 Å². The van der Waals surface area contributed by atoms with Crippen LogP contribution in [0.1, 0.15) is 11.7 Å². The van der Waals surface area contributed by atoms with Crippen LogP contribution in [-0.4, -0.2) is 11.1 Å². The summed E-state index contributed by atoms with van der Waals surface area (Å²) in [5.41, 5.74) is 16.0. The molecule has 3 nitrogen and oxygen atoms in total. The number of aryl methyl sites for hydroxylation is 1. The molecule has 2 aromatic carbocycles. The average Bonchev–Trinajstić information content (AvgIpc) is 2.81. The highest BCUT2D eigenvalue weighted by Gasteiger charge is 2.20. The normalized spacial score (nSPS) is 12.8. The van der Waals surface area contributed by atoms with Crippen molar-refractivity contribution in [3.05, 3.63) is 60.0 Å². The fourth-order valence-corrected chi connectivity index (χ4v) is 2.88. The lowest BCUT2D eigenvalue weighted by Crippen LogP contribution is -2.23. The molecule has 0 aliphatic heterocycles. The third-order valence-electron chi connectivity index (χ3n) is 3.89. The van der Waals surface area contributed by atoms with Crippen LogP contribution in [0.5, 0.6) is 0 Å². The van der Waals surface area contributed by atoms with Crippen LogP contribution in [-0.2, 0) is 7.05 Å². The molecule has 0 radical (unpaired) electrons. The SMILES string of the molecule is Cn1c(C(N)CN)c(-c2ccc(F)cc2)c2ccccc21. The van der Waals surface area contributed by atoms with E-state index in [1.807, 2.05) is 19.2 Å². The van der Waals surface area contributed by atoms with E-state index >= 15 is 0 Å². The van der Waals surface area contributed by atoms with E-state index in [-0.39, 0.29) is 11.9 Å². The van der Waals surface area contributed by atoms with Crippen LogP contribution in [0.25, 0.3) is 22.0 Å². The van der Waals surface area contributed by atoms with Crippen LogP contribution in [0.4, 0.5) is 4.39 Å². The van der Waals surface area contributed by atoms with Gasteiger partial charge in [0.25, 0.3) is 0 Å². The van der Waals surface area contributed by atoms with Gasteiger partial charge in [-0.1, -0.05) is 30.3 Å². The molecule has 0 bridgehead atoms. The summed E-state index contributed by atoms with van der Waals surface area (Å²) in [5, 5.41) is 1.10. The second-order valence-electron chi connectivity index (χ2n) is 5.19. The second kappa shape index (κ2) is 5.31. The van der Waals surface area contributed by atoms with Gasteiger partial charge in [0, 0.05) is 35.8 Å². The largest absolute Gasteiger partial charge is 0.346 e. The molecule has 0 amide bonds. The summed E-state index contributed by atoms with van der Waals surface area (Å²) in [7, 11) is 1.99. The van der Waals surface area contributed by atoms with E-state index in [0.717, 1.165) is 27.7 Å². The zero-order chi connectivity index (χ0) is 15.0. The number of para-hydroxylation sites is 1. The van der Waals surface area contributed by atoms with E-state index in [1.54, 1.807) is 12.1 Å². The van der Waals surface area contributed by atoms with Gasteiger partial charge >= 0.3 is 0 Å². The first kappa shape index (κ1) is 13.8. The lowest BCUT2D eigenvalue weighted by atomic mass is 9.99. The Morgan fingerprint density at radius 3 is 2.43 bits per heavy atom. The Kier molecular flexibility index (Phi) is 3.49. The minimum Gasteiger partial charge on any atom is -0.346 e. The van der Waals surface area contributed by atoms with E-state index in [0.29, 0.717) is 6.54 Å². The maximum absolute atomic E-state index is 13.2. The van der Waals surface area contributed by atoms with E-state index in [2.05, 4.69) is 16.7 Å². The number of rotatable bonds is 3. The third-order valence-corrected chi connectivity index (χ3v) is 3.89. The Hall–Kier alpha value is -2.17. The van der Waals surface area contributed by atoms with E-state index in [1.165, 1.54) is 12.1 Å². The molecule has 0 saturated carbocycles. The molecule has 21 heavy (non-hydrogen) atoms. The van der Waals surface area contributed by atoms with Gasteiger partial charge in [-0.15, -0.1) is 0 Å². The molecular formula is C17H18FN3. The molecule has 1 aromatic heterocycles. The van der Waals surface area contributed by atoms with Gasteiger partial charge in [0.1, 0.15) is 5.82 Å². The summed E-state index contributed by atoms with van der Waals surface area (Å²) in [6.07, 6.45) is 0. The summed E-state index contributed by atoms with van der Waals surface area (Å²) in [5.74, 6) is -0.247. The maximum atomic E-state index is 13.2. The van der Waals surface area contributed by atoms with Crippen molar-refractivity contribution in [1.82, 2.24) is 4.57 Å². The lowest BCUT2D eigenvalue weighted by molar-refractivity contribution is 0.628. The Labute approximate surface area is 123 Å². The van der Waals surface area contributed by atoms with Crippen LogP contribution in [0.3, 0.4) is 0 Å². The van der Waals surface area contributed by atoms with E-state index < -0.39 is 0 Å². The molecule has 4 heteroatoms. The second-order valence-corrected chi connectivity index (χ2v) is 5.19. The van der Waals surface area contributed by atoms with Gasteiger partial charge < -0.3 is 16.0 Å². The number of aromatic nitrogens is 1. The predicted octanol–water partition coefficient (Wildman–Crippen LogP) is 2.94. The number of hydrogen-bond donors (Lipinski definition) is 2. The highest BCUT2D eigenvalue weighted by molar-refractivity contribution is 5.98. The number of fused-ring (bicyclic) bond motifs is 1. The maximum Gasteiger partial charge on any atom is 0.123 e. The highest BCUT2D eigenvalue weighted by atomic mass is 19.1. The first-order valence-corrected chi connectivity index (χ1v) is 6.92. The smallest absolute Gasteiger partial charge is 0.123 e. The standard InChI is InChI=1S/C17H18FN3/c1-21-15-5-3-2-4-13(15)16(17(21)14(20)10-19)11-6-8-12(18)9-7-11/h2-9,14H,10,19-20H2,1H3. The molecular weight excluding hydrogens is 265 g/mol. The van der Waals surface area contributed by atoms with Crippen LogP contribution >= 0.6 is 0 Å². The van der Waals surface area contributed by atoms with Crippen molar-refractivity contribution >= 4 is 10.9 Å². The summed E-state index contributed by atoms with van der Waals surface area (Å²) >= 11 is 0. The van der Waals surface area contributed by atoms with Gasteiger partial charge in [0.2, 0.25) is 0 Å². The summed E-state index contributed by atoms with van der Waals surface area (Å²) in [6.45, 7) is 0.359. The number of benzene rings is 2. The lowest BCUT2D eigenvalue weighted by Gasteiger charge is -2.14. The molecule has 1 unspecified atom stereocenters. The van der Waals surface area contributed by atoms with E-state index in [4.69, 9.17) is 11.5 Å². The van der Waals surface area contributed by atoms with Crippen LogP contribution in [0, 0.1) is 5.82 Å². The molecule has 108 valence electrons. The fraction of sp³-hybridized carbons (Fsp3) is 0.176. The first-order chi connectivity index (χ1) is 10.1. The van der Waals surface area contributed by atoms with Gasteiger partial charge in [-0.25, -0.2) is 4.39 Å². The molecule has 3 aromatic rings. The zero-order valence-corrected chi connectivity index (χ0v) is 11.9. The Bertz CT molecular complexity index is 775. The van der Waals surface area contributed by atoms with Crippen molar-refractivity contribution in [2.45, 2.75) is 6.04 Å². The minimum absolute atomic E-state index is 0.247. The highest BCUT2D eigenvalue weighted by Crippen LogP contribution is 2.36. The van der Waals surface area contributed by atoms with Gasteiger partial charge in [0.15, 0.2) is 0 Å². The van der Waals surface area contributed by atoms with Crippen molar-refractivity contribution in [1.29, 1.82) is 0 Å². The van der Waals surface area contributed by atoms with Crippen molar-refractivity contribution in [3.63, 3.8) is 0 Å². The molecule has 0 aliphatic carbocycles. The molecule has 0 fully saturated rings. The predicted molar refractivity (Wildman–Crippen MR) is 84.3 cm³/mol. The quantitative estimate of drug-likeness (QED) is 0.776. The number of hydrogen-bond acceptors (Lipinski definition) is 2. The number of nitrogens with zero attached hydrogens (tertiary/aromatic N) is 1. The van der Waals surface area contributed by atoms with Gasteiger partial charge in [-0.3, -0.25) is 0 Å². The molecule has 0 saturated heterocycles. The monoisotopic (exact) mass is 283 g/mol. The molecule has 3 rings (SSSR count). The van der Waals surface area contributed by atoms with Crippen molar-refractivity contribution < 1.29 is 4.39 Å². The first-order valence-electron chi connectivity index (χ1n) is 6.92. The van der Waals surface area contributed by atoms with Crippen molar-refractivity contribution in [3.8, 4) is 11.1 Å². The van der Waals surface area contributed by atoms with Gasteiger partial charge in [0.05, 0.1) is 6.04 Å². The van der Waals surface area contributed by atoms with Crippen LogP contribution in [0.2, 0.25) is 0 Å². The number of nitrogens with two attached hydrogens (primary N) is 2.